The Hall–Kier alpha value is -2.71. The van der Waals surface area contributed by atoms with Crippen molar-refractivity contribution in [2.24, 2.45) is 0 Å². The van der Waals surface area contributed by atoms with E-state index in [0.29, 0.717) is 36.1 Å². The Bertz CT molecular complexity index is 1020. The summed E-state index contributed by atoms with van der Waals surface area (Å²) in [4.78, 5) is 6.26. The molecule has 1 aromatic heterocycles. The minimum atomic E-state index is -1.34. The second-order valence-corrected chi connectivity index (χ2v) is 6.64. The largest absolute Gasteiger partial charge is 1.00 e. The van der Waals surface area contributed by atoms with Crippen LogP contribution in [0, 0.1) is 5.82 Å². The lowest BCUT2D eigenvalue weighted by atomic mass is 10.0. The summed E-state index contributed by atoms with van der Waals surface area (Å²) >= 11 is 0. The van der Waals surface area contributed by atoms with Gasteiger partial charge >= 0.3 is 5.95 Å². The van der Waals surface area contributed by atoms with Gasteiger partial charge in [-0.2, -0.15) is 0 Å². The SMILES string of the molecule is OC1(c2ccc(F)cc2)C[n+]2cccnc2N1Cc1ccc2c(c1)OCO2.[Br-]. The lowest BCUT2D eigenvalue weighted by molar-refractivity contribution is -0.685. The molecule has 1 unspecified atom stereocenters. The van der Waals surface area contributed by atoms with Crippen LogP contribution in [0.4, 0.5) is 10.3 Å². The molecule has 28 heavy (non-hydrogen) atoms. The van der Waals surface area contributed by atoms with Crippen LogP contribution in [0.5, 0.6) is 11.5 Å². The van der Waals surface area contributed by atoms with E-state index in [1.807, 2.05) is 39.9 Å². The summed E-state index contributed by atoms with van der Waals surface area (Å²) in [6, 6.07) is 13.4. The number of nitrogens with zero attached hydrogens (tertiary/aromatic N) is 3. The highest BCUT2D eigenvalue weighted by atomic mass is 79.9. The van der Waals surface area contributed by atoms with Gasteiger partial charge in [0.1, 0.15) is 18.6 Å². The minimum Gasteiger partial charge on any atom is -1.00 e. The van der Waals surface area contributed by atoms with Gasteiger partial charge in [-0.3, -0.25) is 0 Å². The van der Waals surface area contributed by atoms with Gasteiger partial charge in [0.15, 0.2) is 11.5 Å². The standard InChI is InChI=1S/C20H17FN3O3.BrH/c21-16-5-3-15(4-6-16)20(25)12-23-9-1-8-22-19(23)24(20)11-14-2-7-17-18(10-14)27-13-26-17;/h1-10,25H,11-13H2;1H/q+1;/p-1. The van der Waals surface area contributed by atoms with Crippen LogP contribution < -0.4 is 35.9 Å². The van der Waals surface area contributed by atoms with Crippen molar-refractivity contribution in [1.82, 2.24) is 4.98 Å². The van der Waals surface area contributed by atoms with Gasteiger partial charge in [0, 0.05) is 11.6 Å². The predicted octanol–water partition coefficient (Wildman–Crippen LogP) is -0.894. The van der Waals surface area contributed by atoms with Gasteiger partial charge in [0.05, 0.1) is 12.7 Å². The molecule has 3 aromatic rings. The molecule has 3 heterocycles. The number of halogens is 2. The molecule has 2 aliphatic rings. The minimum absolute atomic E-state index is 0. The number of hydrogen-bond acceptors (Lipinski definition) is 5. The molecule has 1 atom stereocenters. The van der Waals surface area contributed by atoms with Gasteiger partial charge in [-0.25, -0.2) is 13.9 Å². The van der Waals surface area contributed by atoms with Gasteiger partial charge in [-0.1, -0.05) is 11.1 Å². The highest BCUT2D eigenvalue weighted by molar-refractivity contribution is 5.47. The molecule has 0 fully saturated rings. The van der Waals surface area contributed by atoms with E-state index in [-0.39, 0.29) is 29.6 Å². The summed E-state index contributed by atoms with van der Waals surface area (Å²) in [6.45, 7) is 0.913. The van der Waals surface area contributed by atoms with Gasteiger partial charge in [0.25, 0.3) is 0 Å². The topological polar surface area (TPSA) is 58.7 Å². The highest BCUT2D eigenvalue weighted by Crippen LogP contribution is 2.37. The number of fused-ring (bicyclic) bond motifs is 2. The molecule has 2 aromatic carbocycles. The van der Waals surface area contributed by atoms with E-state index < -0.39 is 5.72 Å². The quantitative estimate of drug-likeness (QED) is 0.530. The number of hydrogen-bond donors (Lipinski definition) is 1. The Morgan fingerprint density at radius 3 is 2.75 bits per heavy atom. The molecule has 0 bridgehead atoms. The number of ether oxygens (including phenoxy) is 2. The molecule has 2 aliphatic heterocycles. The van der Waals surface area contributed by atoms with Crippen LogP contribution >= 0.6 is 0 Å². The predicted molar refractivity (Wildman–Crippen MR) is 93.5 cm³/mol. The van der Waals surface area contributed by atoms with Crippen LogP contribution in [0.2, 0.25) is 0 Å². The third-order valence-corrected chi connectivity index (χ3v) is 4.96. The van der Waals surface area contributed by atoms with Crippen molar-refractivity contribution in [2.45, 2.75) is 18.8 Å². The second-order valence-electron chi connectivity index (χ2n) is 6.64. The lowest BCUT2D eigenvalue weighted by Gasteiger charge is -2.28. The van der Waals surface area contributed by atoms with E-state index >= 15 is 0 Å². The van der Waals surface area contributed by atoms with Crippen LogP contribution in [0.25, 0.3) is 0 Å². The van der Waals surface area contributed by atoms with Gasteiger partial charge in [-0.15, -0.1) is 0 Å². The van der Waals surface area contributed by atoms with E-state index in [1.165, 1.54) is 12.1 Å². The van der Waals surface area contributed by atoms with Crippen molar-refractivity contribution in [1.29, 1.82) is 0 Å². The van der Waals surface area contributed by atoms with Crippen LogP contribution in [0.1, 0.15) is 11.1 Å². The summed E-state index contributed by atoms with van der Waals surface area (Å²) in [5.41, 5.74) is 0.208. The lowest BCUT2D eigenvalue weighted by Crippen LogP contribution is -3.00. The number of rotatable bonds is 3. The first-order valence-electron chi connectivity index (χ1n) is 8.62. The summed E-state index contributed by atoms with van der Waals surface area (Å²) in [5, 5.41) is 11.6. The summed E-state index contributed by atoms with van der Waals surface area (Å²) in [6.07, 6.45) is 3.56. The van der Waals surface area contributed by atoms with Gasteiger partial charge in [-0.05, 0) is 42.0 Å². The summed E-state index contributed by atoms with van der Waals surface area (Å²) in [5.74, 6) is 1.70. The zero-order valence-corrected chi connectivity index (χ0v) is 16.3. The molecule has 0 saturated carbocycles. The Kier molecular flexibility index (Phi) is 4.68. The first-order valence-corrected chi connectivity index (χ1v) is 8.62. The molecule has 0 radical (unpaired) electrons. The van der Waals surface area contributed by atoms with Crippen molar-refractivity contribution in [3.63, 3.8) is 0 Å². The molecule has 144 valence electrons. The fraction of sp³-hybridized carbons (Fsp3) is 0.200. The number of aliphatic hydroxyl groups is 1. The number of aromatic nitrogens is 2. The van der Waals surface area contributed by atoms with Crippen molar-refractivity contribution in [3.05, 3.63) is 77.9 Å². The highest BCUT2D eigenvalue weighted by Gasteiger charge is 2.51. The monoisotopic (exact) mass is 445 g/mol. The number of benzene rings is 2. The smallest absolute Gasteiger partial charge is 0.397 e. The fourth-order valence-corrected chi connectivity index (χ4v) is 3.62. The van der Waals surface area contributed by atoms with Crippen LogP contribution in [-0.4, -0.2) is 16.9 Å². The van der Waals surface area contributed by atoms with Crippen LogP contribution in [-0.2, 0) is 18.8 Å². The van der Waals surface area contributed by atoms with E-state index in [9.17, 15) is 9.50 Å². The van der Waals surface area contributed by atoms with Gasteiger partial charge < -0.3 is 31.6 Å². The van der Waals surface area contributed by atoms with Crippen LogP contribution in [0.15, 0.2) is 60.9 Å². The van der Waals surface area contributed by atoms with E-state index in [4.69, 9.17) is 9.47 Å². The molecular weight excluding hydrogens is 429 g/mol. The Morgan fingerprint density at radius 1 is 1.14 bits per heavy atom. The average Bonchev–Trinajstić information content (AvgIpc) is 3.25. The maximum absolute atomic E-state index is 13.4. The second kappa shape index (κ2) is 7.03. The summed E-state index contributed by atoms with van der Waals surface area (Å²) < 4.78 is 26.1. The van der Waals surface area contributed by atoms with Crippen molar-refractivity contribution < 1.29 is 40.5 Å². The van der Waals surface area contributed by atoms with E-state index in [0.717, 1.165) is 5.56 Å². The third-order valence-electron chi connectivity index (χ3n) is 4.96. The zero-order chi connectivity index (χ0) is 18.4. The van der Waals surface area contributed by atoms with E-state index in [1.54, 1.807) is 18.3 Å². The Labute approximate surface area is 171 Å². The molecular formula is C20H17BrFN3O3. The molecule has 0 amide bonds. The fourth-order valence-electron chi connectivity index (χ4n) is 3.62. The Balaban J connectivity index is 0.00000192. The Morgan fingerprint density at radius 2 is 1.93 bits per heavy atom. The zero-order valence-electron chi connectivity index (χ0n) is 14.8. The number of anilines is 1. The molecule has 6 nitrogen and oxygen atoms in total. The van der Waals surface area contributed by atoms with Crippen LogP contribution in [0.3, 0.4) is 0 Å². The van der Waals surface area contributed by atoms with Crippen molar-refractivity contribution >= 4 is 5.95 Å². The molecule has 0 aliphatic carbocycles. The molecule has 5 rings (SSSR count). The average molecular weight is 446 g/mol. The van der Waals surface area contributed by atoms with Crippen molar-refractivity contribution in [2.75, 3.05) is 11.7 Å². The molecule has 1 N–H and O–H groups in total. The van der Waals surface area contributed by atoms with E-state index in [2.05, 4.69) is 4.98 Å². The summed E-state index contributed by atoms with van der Waals surface area (Å²) in [7, 11) is 0. The van der Waals surface area contributed by atoms with Crippen molar-refractivity contribution in [3.8, 4) is 11.5 Å². The first-order chi connectivity index (χ1) is 13.1. The molecule has 0 spiro atoms. The molecule has 0 saturated heterocycles. The van der Waals surface area contributed by atoms with Gasteiger partial charge in [0.2, 0.25) is 12.5 Å². The third kappa shape index (κ3) is 2.98. The normalized spacial score (nSPS) is 19.3. The first kappa shape index (κ1) is 18.6. The maximum atomic E-state index is 13.4. The maximum Gasteiger partial charge on any atom is 0.397 e. The molecule has 8 heteroatoms.